The van der Waals surface area contributed by atoms with Crippen LogP contribution in [0.1, 0.15) is 34.5 Å². The standard InChI is InChI=1S/C20H22N2O5/c1-13-2-3-15(19(23)24)11-18(13)27-17-4-7-21-16(12-17)10-14-5-8-22(9-6-14)20(25)26/h2-4,7,11-12,14H,5-6,8-10H2,1H3,(H,23,24)(H,25,26). The second-order valence-corrected chi connectivity index (χ2v) is 6.79. The SMILES string of the molecule is Cc1ccc(C(=O)O)cc1Oc1ccnc(CC2CCN(C(=O)O)CC2)c1. The summed E-state index contributed by atoms with van der Waals surface area (Å²) in [6, 6.07) is 8.38. The second-order valence-electron chi connectivity index (χ2n) is 6.79. The number of nitrogens with zero attached hydrogens (tertiary/aromatic N) is 2. The van der Waals surface area contributed by atoms with Crippen LogP contribution < -0.4 is 4.74 Å². The average Bonchev–Trinajstić information content (AvgIpc) is 2.64. The molecule has 1 aliphatic rings. The van der Waals surface area contributed by atoms with Crippen LogP contribution in [0.15, 0.2) is 36.5 Å². The van der Waals surface area contributed by atoms with Gasteiger partial charge in [0.1, 0.15) is 11.5 Å². The van der Waals surface area contributed by atoms with Gasteiger partial charge in [-0.2, -0.15) is 0 Å². The Labute approximate surface area is 157 Å². The molecule has 2 heterocycles. The van der Waals surface area contributed by atoms with Crippen LogP contribution in [-0.2, 0) is 6.42 Å². The largest absolute Gasteiger partial charge is 0.478 e. The molecule has 0 radical (unpaired) electrons. The Morgan fingerprint density at radius 1 is 1.19 bits per heavy atom. The third-order valence-electron chi connectivity index (χ3n) is 4.83. The summed E-state index contributed by atoms with van der Waals surface area (Å²) < 4.78 is 5.89. The van der Waals surface area contributed by atoms with Crippen molar-refractivity contribution in [1.82, 2.24) is 9.88 Å². The van der Waals surface area contributed by atoms with E-state index >= 15 is 0 Å². The van der Waals surface area contributed by atoms with Crippen molar-refractivity contribution in [3.05, 3.63) is 53.3 Å². The summed E-state index contributed by atoms with van der Waals surface area (Å²) in [5.41, 5.74) is 1.91. The van der Waals surface area contributed by atoms with Crippen LogP contribution in [0.4, 0.5) is 4.79 Å². The van der Waals surface area contributed by atoms with E-state index in [2.05, 4.69) is 4.98 Å². The van der Waals surface area contributed by atoms with E-state index in [4.69, 9.17) is 14.9 Å². The van der Waals surface area contributed by atoms with E-state index in [0.29, 0.717) is 30.5 Å². The van der Waals surface area contributed by atoms with Crippen LogP contribution in [0, 0.1) is 12.8 Å². The Bertz CT molecular complexity index is 844. The molecule has 7 nitrogen and oxygen atoms in total. The van der Waals surface area contributed by atoms with E-state index in [1.54, 1.807) is 24.4 Å². The fraction of sp³-hybridized carbons (Fsp3) is 0.350. The number of benzene rings is 1. The van der Waals surface area contributed by atoms with Gasteiger partial charge in [0, 0.05) is 31.0 Å². The number of aromatic nitrogens is 1. The molecule has 27 heavy (non-hydrogen) atoms. The molecule has 1 saturated heterocycles. The lowest BCUT2D eigenvalue weighted by Crippen LogP contribution is -2.37. The molecular weight excluding hydrogens is 348 g/mol. The van der Waals surface area contributed by atoms with Gasteiger partial charge in [-0.3, -0.25) is 4.98 Å². The molecule has 1 aromatic heterocycles. The molecule has 1 aliphatic heterocycles. The van der Waals surface area contributed by atoms with E-state index in [0.717, 1.165) is 30.5 Å². The van der Waals surface area contributed by atoms with Crippen molar-refractivity contribution >= 4 is 12.1 Å². The summed E-state index contributed by atoms with van der Waals surface area (Å²) in [5, 5.41) is 18.2. The molecule has 0 atom stereocenters. The number of hydrogen-bond donors (Lipinski definition) is 2. The molecule has 3 rings (SSSR count). The minimum Gasteiger partial charge on any atom is -0.478 e. The predicted octanol–water partition coefficient (Wildman–Crippen LogP) is 3.81. The molecule has 1 fully saturated rings. The van der Waals surface area contributed by atoms with E-state index in [1.165, 1.54) is 11.0 Å². The van der Waals surface area contributed by atoms with E-state index in [9.17, 15) is 9.59 Å². The van der Waals surface area contributed by atoms with Gasteiger partial charge in [-0.05, 0) is 55.9 Å². The van der Waals surface area contributed by atoms with Crippen molar-refractivity contribution < 1.29 is 24.5 Å². The van der Waals surface area contributed by atoms with Gasteiger partial charge in [-0.1, -0.05) is 6.07 Å². The molecule has 1 amide bonds. The number of aromatic carboxylic acids is 1. The van der Waals surface area contributed by atoms with Gasteiger partial charge in [0.2, 0.25) is 0 Å². The van der Waals surface area contributed by atoms with Gasteiger partial charge in [0.25, 0.3) is 0 Å². The van der Waals surface area contributed by atoms with Crippen molar-refractivity contribution in [2.24, 2.45) is 5.92 Å². The molecule has 1 aromatic carbocycles. The van der Waals surface area contributed by atoms with Gasteiger partial charge < -0.3 is 19.8 Å². The van der Waals surface area contributed by atoms with Crippen molar-refractivity contribution in [2.75, 3.05) is 13.1 Å². The van der Waals surface area contributed by atoms with Crippen LogP contribution >= 0.6 is 0 Å². The normalized spacial score (nSPS) is 14.8. The number of carboxylic acids is 1. The third-order valence-corrected chi connectivity index (χ3v) is 4.83. The lowest BCUT2D eigenvalue weighted by molar-refractivity contribution is 0.0696. The third kappa shape index (κ3) is 4.75. The highest BCUT2D eigenvalue weighted by Gasteiger charge is 2.22. The number of carboxylic acid groups (broad SMARTS) is 2. The van der Waals surface area contributed by atoms with Crippen LogP contribution in [-0.4, -0.2) is 45.2 Å². The first-order valence-corrected chi connectivity index (χ1v) is 8.87. The average molecular weight is 370 g/mol. The summed E-state index contributed by atoms with van der Waals surface area (Å²) in [7, 11) is 0. The molecule has 7 heteroatoms. The maximum atomic E-state index is 11.2. The monoisotopic (exact) mass is 370 g/mol. The second kappa shape index (κ2) is 8.07. The molecular formula is C20H22N2O5. The van der Waals surface area contributed by atoms with E-state index in [-0.39, 0.29) is 5.56 Å². The van der Waals surface area contributed by atoms with Gasteiger partial charge >= 0.3 is 12.1 Å². The smallest absolute Gasteiger partial charge is 0.407 e. The number of likely N-dealkylation sites (tertiary alicyclic amines) is 1. The number of carbonyl (C=O) groups is 2. The number of pyridine rings is 1. The molecule has 0 unspecified atom stereocenters. The van der Waals surface area contributed by atoms with Crippen molar-refractivity contribution in [1.29, 1.82) is 0 Å². The Balaban J connectivity index is 1.67. The minimum absolute atomic E-state index is 0.176. The predicted molar refractivity (Wildman–Crippen MR) is 98.5 cm³/mol. The number of amides is 1. The fourth-order valence-electron chi connectivity index (χ4n) is 3.23. The molecule has 0 aliphatic carbocycles. The van der Waals surface area contributed by atoms with Crippen LogP contribution in [0.25, 0.3) is 0 Å². The van der Waals surface area contributed by atoms with Crippen molar-refractivity contribution in [3.8, 4) is 11.5 Å². The highest BCUT2D eigenvalue weighted by Crippen LogP contribution is 2.28. The molecule has 0 spiro atoms. The van der Waals surface area contributed by atoms with Crippen LogP contribution in [0.3, 0.4) is 0 Å². The lowest BCUT2D eigenvalue weighted by atomic mass is 9.92. The van der Waals surface area contributed by atoms with E-state index < -0.39 is 12.1 Å². The Kier molecular flexibility index (Phi) is 5.59. The summed E-state index contributed by atoms with van der Waals surface area (Å²) in [6.07, 6.45) is 3.21. The Morgan fingerprint density at radius 3 is 2.59 bits per heavy atom. The zero-order chi connectivity index (χ0) is 19.4. The first-order chi connectivity index (χ1) is 12.9. The number of piperidine rings is 1. The zero-order valence-corrected chi connectivity index (χ0v) is 15.1. The number of hydrogen-bond acceptors (Lipinski definition) is 4. The van der Waals surface area contributed by atoms with E-state index in [1.807, 2.05) is 13.0 Å². The first-order valence-electron chi connectivity index (χ1n) is 8.87. The quantitative estimate of drug-likeness (QED) is 0.830. The molecule has 0 saturated carbocycles. The van der Waals surface area contributed by atoms with Crippen molar-refractivity contribution in [3.63, 3.8) is 0 Å². The summed E-state index contributed by atoms with van der Waals surface area (Å²) in [5.74, 6) is 0.499. The van der Waals surface area contributed by atoms with Crippen LogP contribution in [0.2, 0.25) is 0 Å². The minimum atomic E-state index is -0.997. The Morgan fingerprint density at radius 2 is 1.93 bits per heavy atom. The van der Waals surface area contributed by atoms with Gasteiger partial charge in [-0.15, -0.1) is 0 Å². The highest BCUT2D eigenvalue weighted by molar-refractivity contribution is 5.88. The highest BCUT2D eigenvalue weighted by atomic mass is 16.5. The Hall–Kier alpha value is -3.09. The van der Waals surface area contributed by atoms with Crippen molar-refractivity contribution in [2.45, 2.75) is 26.2 Å². The summed E-state index contributed by atoms with van der Waals surface area (Å²) in [6.45, 7) is 2.97. The first kappa shape index (κ1) is 18.7. The summed E-state index contributed by atoms with van der Waals surface area (Å²) >= 11 is 0. The number of rotatable bonds is 5. The number of ether oxygens (including phenoxy) is 1. The maximum absolute atomic E-state index is 11.2. The molecule has 2 N–H and O–H groups in total. The van der Waals surface area contributed by atoms with Gasteiger partial charge in [0.05, 0.1) is 5.56 Å². The molecule has 2 aromatic rings. The topological polar surface area (TPSA) is 100.0 Å². The molecule has 0 bridgehead atoms. The lowest BCUT2D eigenvalue weighted by Gasteiger charge is -2.29. The zero-order valence-electron chi connectivity index (χ0n) is 15.1. The van der Waals surface area contributed by atoms with Gasteiger partial charge in [-0.25, -0.2) is 9.59 Å². The number of aryl methyl sites for hydroxylation is 1. The van der Waals surface area contributed by atoms with Gasteiger partial charge in [0.15, 0.2) is 0 Å². The maximum Gasteiger partial charge on any atom is 0.407 e. The van der Waals surface area contributed by atoms with Crippen LogP contribution in [0.5, 0.6) is 11.5 Å². The molecule has 142 valence electrons. The fourth-order valence-corrected chi connectivity index (χ4v) is 3.23. The summed E-state index contributed by atoms with van der Waals surface area (Å²) in [4.78, 5) is 28.0.